The Hall–Kier alpha value is -3.59. The molecule has 9 heteroatoms. The number of nitro groups is 1. The zero-order valence-corrected chi connectivity index (χ0v) is 21.2. The van der Waals surface area contributed by atoms with Gasteiger partial charge in [-0.3, -0.25) is 19.8 Å². The maximum Gasteiger partial charge on any atom is 0.338 e. The molecule has 1 amide bonds. The molecule has 0 bridgehead atoms. The molecule has 1 saturated carbocycles. The molecular formula is C26H24BrN3O5. The number of ether oxygens (including phenoxy) is 1. The number of halogens is 1. The molecule has 3 aromatic rings. The van der Waals surface area contributed by atoms with Crippen molar-refractivity contribution in [2.45, 2.75) is 33.2 Å². The zero-order valence-electron chi connectivity index (χ0n) is 19.6. The van der Waals surface area contributed by atoms with Crippen LogP contribution in [0.5, 0.6) is 0 Å². The van der Waals surface area contributed by atoms with Crippen LogP contribution in [0, 0.1) is 29.9 Å². The number of methoxy groups -OCH3 is 1. The molecule has 1 heterocycles. The van der Waals surface area contributed by atoms with Crippen molar-refractivity contribution in [1.82, 2.24) is 4.98 Å². The third kappa shape index (κ3) is 4.95. The van der Waals surface area contributed by atoms with Crippen LogP contribution in [0.4, 0.5) is 11.5 Å². The molecule has 2 aromatic carbocycles. The lowest BCUT2D eigenvalue weighted by atomic mass is 9.98. The van der Waals surface area contributed by atoms with Gasteiger partial charge in [-0.25, -0.2) is 9.78 Å². The third-order valence-electron chi connectivity index (χ3n) is 6.06. The van der Waals surface area contributed by atoms with Crippen molar-refractivity contribution in [1.29, 1.82) is 0 Å². The van der Waals surface area contributed by atoms with Gasteiger partial charge in [0.25, 0.3) is 0 Å². The Bertz CT molecular complexity index is 1320. The molecule has 4 rings (SSSR count). The summed E-state index contributed by atoms with van der Waals surface area (Å²) in [5, 5.41) is 12.0. The minimum Gasteiger partial charge on any atom is -0.465 e. The minimum absolute atomic E-state index is 0.0604. The van der Waals surface area contributed by atoms with E-state index in [0.717, 1.165) is 29.5 Å². The van der Waals surface area contributed by atoms with E-state index in [2.05, 4.69) is 20.9 Å². The predicted molar refractivity (Wildman–Crippen MR) is 135 cm³/mol. The predicted octanol–water partition coefficient (Wildman–Crippen LogP) is 5.77. The number of nitrogens with zero attached hydrogens (tertiary/aromatic N) is 3. The van der Waals surface area contributed by atoms with Gasteiger partial charge in [-0.1, -0.05) is 42.5 Å². The second-order valence-corrected chi connectivity index (χ2v) is 9.29. The van der Waals surface area contributed by atoms with Gasteiger partial charge in [0.15, 0.2) is 0 Å². The number of pyridine rings is 1. The van der Waals surface area contributed by atoms with E-state index in [0.29, 0.717) is 21.3 Å². The molecule has 1 aromatic heterocycles. The Morgan fingerprint density at radius 1 is 1.14 bits per heavy atom. The molecule has 0 aliphatic heterocycles. The van der Waals surface area contributed by atoms with Crippen LogP contribution in [0.25, 0.3) is 11.1 Å². The number of benzene rings is 2. The van der Waals surface area contributed by atoms with Gasteiger partial charge < -0.3 is 4.74 Å². The fourth-order valence-corrected chi connectivity index (χ4v) is 4.29. The number of esters is 1. The highest BCUT2D eigenvalue weighted by atomic mass is 79.9. The van der Waals surface area contributed by atoms with Crippen molar-refractivity contribution in [3.05, 3.63) is 85.5 Å². The van der Waals surface area contributed by atoms with Crippen LogP contribution in [0.3, 0.4) is 0 Å². The first-order valence-electron chi connectivity index (χ1n) is 11.1. The average Bonchev–Trinajstić information content (AvgIpc) is 3.70. The van der Waals surface area contributed by atoms with E-state index >= 15 is 0 Å². The van der Waals surface area contributed by atoms with Gasteiger partial charge >= 0.3 is 11.7 Å². The van der Waals surface area contributed by atoms with Crippen molar-refractivity contribution in [3.8, 4) is 11.1 Å². The zero-order chi connectivity index (χ0) is 25.3. The van der Waals surface area contributed by atoms with Crippen molar-refractivity contribution < 1.29 is 19.2 Å². The SMILES string of the molecule is COC(=O)c1ccccc1-c1ccc(CN(C(=O)C2CC2)c2nc(C)c(Br)c(C)c2[N+](=O)[O-])cc1. The summed E-state index contributed by atoms with van der Waals surface area (Å²) in [7, 11) is 1.34. The van der Waals surface area contributed by atoms with E-state index in [9.17, 15) is 19.7 Å². The fourth-order valence-electron chi connectivity index (χ4n) is 4.01. The first-order chi connectivity index (χ1) is 16.7. The molecule has 0 radical (unpaired) electrons. The van der Waals surface area contributed by atoms with Crippen LogP contribution in [0.2, 0.25) is 0 Å². The van der Waals surface area contributed by atoms with Crippen molar-refractivity contribution in [2.24, 2.45) is 5.92 Å². The normalized spacial score (nSPS) is 12.8. The highest BCUT2D eigenvalue weighted by Gasteiger charge is 2.38. The highest BCUT2D eigenvalue weighted by molar-refractivity contribution is 9.10. The monoisotopic (exact) mass is 537 g/mol. The van der Waals surface area contributed by atoms with Gasteiger partial charge in [0.05, 0.1) is 29.8 Å². The van der Waals surface area contributed by atoms with E-state index < -0.39 is 10.9 Å². The number of anilines is 1. The van der Waals surface area contributed by atoms with Gasteiger partial charge in [-0.15, -0.1) is 0 Å². The summed E-state index contributed by atoms with van der Waals surface area (Å²) in [5.74, 6) is -0.677. The lowest BCUT2D eigenvalue weighted by Crippen LogP contribution is -2.33. The van der Waals surface area contributed by atoms with Gasteiger partial charge in [0.2, 0.25) is 11.7 Å². The topological polar surface area (TPSA) is 103 Å². The summed E-state index contributed by atoms with van der Waals surface area (Å²) < 4.78 is 5.44. The molecule has 0 saturated heterocycles. The van der Waals surface area contributed by atoms with Crippen LogP contribution in [0.15, 0.2) is 53.0 Å². The second kappa shape index (κ2) is 9.95. The largest absolute Gasteiger partial charge is 0.465 e. The molecular weight excluding hydrogens is 514 g/mol. The summed E-state index contributed by atoms with van der Waals surface area (Å²) in [5.41, 5.74) is 3.61. The fraction of sp³-hybridized carbons (Fsp3) is 0.269. The molecule has 35 heavy (non-hydrogen) atoms. The number of hydrogen-bond acceptors (Lipinski definition) is 6. The van der Waals surface area contributed by atoms with Crippen LogP contribution in [-0.4, -0.2) is 28.9 Å². The molecule has 1 aliphatic rings. The highest BCUT2D eigenvalue weighted by Crippen LogP contribution is 2.40. The van der Waals surface area contributed by atoms with Crippen LogP contribution in [-0.2, 0) is 16.1 Å². The van der Waals surface area contributed by atoms with E-state index in [-0.39, 0.29) is 29.9 Å². The van der Waals surface area contributed by atoms with Crippen molar-refractivity contribution >= 4 is 39.3 Å². The summed E-state index contributed by atoms with van der Waals surface area (Å²) in [6.07, 6.45) is 1.53. The number of carbonyl (C=O) groups excluding carboxylic acids is 2. The molecule has 1 aliphatic carbocycles. The molecule has 0 N–H and O–H groups in total. The first kappa shape index (κ1) is 24.5. The standard InChI is InChI=1S/C26H24BrN3O5/c1-15-22(27)16(2)28-24(23(15)30(33)34)29(25(31)19-12-13-19)14-17-8-10-18(11-9-17)20-6-4-5-7-21(20)26(32)35-3/h4-11,19H,12-14H2,1-3H3. The van der Waals surface area contributed by atoms with Crippen molar-refractivity contribution in [2.75, 3.05) is 12.0 Å². The van der Waals surface area contributed by atoms with E-state index in [1.54, 1.807) is 26.0 Å². The Labute approximate surface area is 211 Å². The maximum atomic E-state index is 13.2. The lowest BCUT2D eigenvalue weighted by Gasteiger charge is -2.23. The minimum atomic E-state index is -0.484. The van der Waals surface area contributed by atoms with Crippen LogP contribution >= 0.6 is 15.9 Å². The maximum absolute atomic E-state index is 13.2. The second-order valence-electron chi connectivity index (χ2n) is 8.50. The molecule has 8 nitrogen and oxygen atoms in total. The molecule has 0 spiro atoms. The quantitative estimate of drug-likeness (QED) is 0.215. The molecule has 180 valence electrons. The van der Waals surface area contributed by atoms with Gasteiger partial charge in [-0.05, 0) is 65.4 Å². The first-order valence-corrected chi connectivity index (χ1v) is 11.9. The number of carbonyl (C=O) groups is 2. The smallest absolute Gasteiger partial charge is 0.338 e. The van der Waals surface area contributed by atoms with E-state index in [1.807, 2.05) is 36.4 Å². The van der Waals surface area contributed by atoms with Gasteiger partial charge in [0, 0.05) is 16.0 Å². The average molecular weight is 538 g/mol. The number of rotatable bonds is 7. The lowest BCUT2D eigenvalue weighted by molar-refractivity contribution is -0.385. The van der Waals surface area contributed by atoms with Gasteiger partial charge in [0.1, 0.15) is 0 Å². The Morgan fingerprint density at radius 2 is 1.80 bits per heavy atom. The van der Waals surface area contributed by atoms with Crippen LogP contribution < -0.4 is 4.90 Å². The number of aromatic nitrogens is 1. The summed E-state index contributed by atoms with van der Waals surface area (Å²) in [6, 6.07) is 14.6. The van der Waals surface area contributed by atoms with Crippen molar-refractivity contribution in [3.63, 3.8) is 0 Å². The summed E-state index contributed by atoms with van der Waals surface area (Å²) >= 11 is 3.37. The summed E-state index contributed by atoms with van der Waals surface area (Å²) in [6.45, 7) is 3.54. The number of amides is 1. The Kier molecular flexibility index (Phi) is 6.98. The Balaban J connectivity index is 1.72. The van der Waals surface area contributed by atoms with Gasteiger partial charge in [-0.2, -0.15) is 0 Å². The van der Waals surface area contributed by atoms with Crippen LogP contribution in [0.1, 0.15) is 40.0 Å². The number of hydrogen-bond donors (Lipinski definition) is 0. The summed E-state index contributed by atoms with van der Waals surface area (Å²) in [4.78, 5) is 42.7. The Morgan fingerprint density at radius 3 is 2.40 bits per heavy atom. The molecule has 0 atom stereocenters. The number of aryl methyl sites for hydroxylation is 1. The van der Waals surface area contributed by atoms with E-state index in [1.165, 1.54) is 12.0 Å². The third-order valence-corrected chi connectivity index (χ3v) is 7.22. The molecule has 0 unspecified atom stereocenters. The van der Waals surface area contributed by atoms with E-state index in [4.69, 9.17) is 4.74 Å². The molecule has 1 fully saturated rings.